The molecule has 0 aliphatic heterocycles. The number of methoxy groups -OCH3 is 1. The number of amides is 2. The number of benzene rings is 1. The highest BCUT2D eigenvalue weighted by molar-refractivity contribution is 5.94. The van der Waals surface area contributed by atoms with Crippen molar-refractivity contribution in [3.63, 3.8) is 0 Å². The fourth-order valence-corrected chi connectivity index (χ4v) is 1.46. The lowest BCUT2D eigenvalue weighted by Crippen LogP contribution is -2.47. The highest BCUT2D eigenvalue weighted by Gasteiger charge is 2.25. The highest BCUT2D eigenvalue weighted by atomic mass is 16.5. The molecule has 1 rings (SSSR count). The van der Waals surface area contributed by atoms with E-state index in [1.165, 1.54) is 11.9 Å². The molecule has 0 saturated carbocycles. The van der Waals surface area contributed by atoms with Gasteiger partial charge in [-0.25, -0.2) is 9.59 Å². The van der Waals surface area contributed by atoms with E-state index in [1.54, 1.807) is 30.3 Å². The zero-order chi connectivity index (χ0) is 15.1. The van der Waals surface area contributed by atoms with Crippen molar-refractivity contribution in [1.29, 1.82) is 0 Å². The fraction of sp³-hybridized carbons (Fsp3) is 0.308. The largest absolute Gasteiger partial charge is 0.480 e. The van der Waals surface area contributed by atoms with Crippen LogP contribution in [0.3, 0.4) is 0 Å². The molecule has 0 heterocycles. The van der Waals surface area contributed by atoms with Gasteiger partial charge in [-0.1, -0.05) is 18.2 Å². The van der Waals surface area contributed by atoms with Gasteiger partial charge in [0, 0.05) is 12.7 Å². The number of hydrogen-bond acceptors (Lipinski definition) is 4. The molecule has 0 saturated heterocycles. The third-order valence-electron chi connectivity index (χ3n) is 2.64. The van der Waals surface area contributed by atoms with E-state index in [0.29, 0.717) is 5.69 Å². The smallest absolute Gasteiger partial charge is 0.326 e. The molecule has 0 bridgehead atoms. The molecule has 0 aliphatic carbocycles. The summed E-state index contributed by atoms with van der Waals surface area (Å²) >= 11 is 0. The quantitative estimate of drug-likeness (QED) is 0.779. The molecule has 0 aromatic heterocycles. The number of nitrogens with zero attached hydrogens (tertiary/aromatic N) is 1. The first-order valence-electron chi connectivity index (χ1n) is 5.84. The van der Waals surface area contributed by atoms with Gasteiger partial charge in [0.2, 0.25) is 0 Å². The van der Waals surface area contributed by atoms with Crippen LogP contribution in [0.5, 0.6) is 0 Å². The maximum atomic E-state index is 11.9. The highest BCUT2D eigenvalue weighted by Crippen LogP contribution is 2.11. The third-order valence-corrected chi connectivity index (χ3v) is 2.64. The molecule has 0 radical (unpaired) electrons. The second-order valence-corrected chi connectivity index (χ2v) is 4.02. The molecule has 0 unspecified atom stereocenters. The second kappa shape index (κ2) is 7.13. The van der Waals surface area contributed by atoms with Crippen LogP contribution in [-0.2, 0) is 14.3 Å². The molecule has 2 N–H and O–H groups in total. The molecule has 1 aromatic carbocycles. The van der Waals surface area contributed by atoms with Crippen LogP contribution in [-0.4, -0.2) is 43.3 Å². The topological polar surface area (TPSA) is 95.9 Å². The lowest BCUT2D eigenvalue weighted by molar-refractivity contribution is -0.147. The maximum absolute atomic E-state index is 11.9. The van der Waals surface area contributed by atoms with Gasteiger partial charge in [0.15, 0.2) is 0 Å². The van der Waals surface area contributed by atoms with Crippen molar-refractivity contribution in [2.24, 2.45) is 0 Å². The summed E-state index contributed by atoms with van der Waals surface area (Å²) in [4.78, 5) is 35.3. The average Bonchev–Trinajstić information content (AvgIpc) is 2.46. The van der Waals surface area contributed by atoms with Gasteiger partial charge < -0.3 is 15.2 Å². The monoisotopic (exact) mass is 280 g/mol. The predicted octanol–water partition coefficient (Wildman–Crippen LogP) is 0.849. The van der Waals surface area contributed by atoms with Crippen molar-refractivity contribution in [3.05, 3.63) is 30.3 Å². The first kappa shape index (κ1) is 15.5. The fourth-order valence-electron chi connectivity index (χ4n) is 1.46. The number of aliphatic carboxylic acids is 1. The Morgan fingerprint density at radius 3 is 2.40 bits per heavy atom. The zero-order valence-electron chi connectivity index (χ0n) is 11.2. The molecule has 1 atom stereocenters. The van der Waals surface area contributed by atoms with E-state index in [2.05, 4.69) is 10.1 Å². The Hall–Kier alpha value is -2.57. The standard InChI is InChI=1S/C13H16N2O5/c1-15(9-6-4-3-5-7-9)13(19)14-10(12(17)18)8-11(16)20-2/h3-7,10H,8H2,1-2H3,(H,14,19)(H,17,18)/t10-/m0/s1. The summed E-state index contributed by atoms with van der Waals surface area (Å²) in [6, 6.07) is 6.76. The van der Waals surface area contributed by atoms with Crippen LogP contribution in [0.25, 0.3) is 0 Å². The zero-order valence-corrected chi connectivity index (χ0v) is 11.2. The SMILES string of the molecule is COC(=O)C[C@H](NC(=O)N(C)c1ccccc1)C(=O)O. The van der Waals surface area contributed by atoms with Crippen molar-refractivity contribution < 1.29 is 24.2 Å². The number of ether oxygens (including phenoxy) is 1. The van der Waals surface area contributed by atoms with E-state index in [1.807, 2.05) is 0 Å². The summed E-state index contributed by atoms with van der Waals surface area (Å²) in [7, 11) is 2.65. The Morgan fingerprint density at radius 2 is 1.90 bits per heavy atom. The number of para-hydroxylation sites is 1. The summed E-state index contributed by atoms with van der Waals surface area (Å²) in [5.74, 6) is -2.01. The summed E-state index contributed by atoms with van der Waals surface area (Å²) in [5.41, 5.74) is 0.604. The van der Waals surface area contributed by atoms with E-state index >= 15 is 0 Å². The molecule has 7 nitrogen and oxygen atoms in total. The van der Waals surface area contributed by atoms with Crippen LogP contribution in [0.15, 0.2) is 30.3 Å². The Labute approximate surface area is 116 Å². The molecule has 2 amide bonds. The predicted molar refractivity (Wildman–Crippen MR) is 71.4 cm³/mol. The Kier molecular flexibility index (Phi) is 5.52. The van der Waals surface area contributed by atoms with Crippen molar-refractivity contribution in [1.82, 2.24) is 5.32 Å². The van der Waals surface area contributed by atoms with Crippen LogP contribution in [0.1, 0.15) is 6.42 Å². The Balaban J connectivity index is 2.71. The number of anilines is 1. The van der Waals surface area contributed by atoms with Gasteiger partial charge in [0.05, 0.1) is 13.5 Å². The van der Waals surface area contributed by atoms with Crippen LogP contribution < -0.4 is 10.2 Å². The number of carbonyl (C=O) groups excluding carboxylic acids is 2. The molecular weight excluding hydrogens is 264 g/mol. The van der Waals surface area contributed by atoms with E-state index in [0.717, 1.165) is 7.11 Å². The molecule has 7 heteroatoms. The molecule has 108 valence electrons. The summed E-state index contributed by atoms with van der Waals surface area (Å²) in [5, 5.41) is 11.2. The minimum absolute atomic E-state index is 0.430. The van der Waals surface area contributed by atoms with E-state index in [4.69, 9.17) is 5.11 Å². The summed E-state index contributed by atoms with van der Waals surface area (Å²) in [6.07, 6.45) is -0.430. The number of hydrogen-bond donors (Lipinski definition) is 2. The average molecular weight is 280 g/mol. The summed E-state index contributed by atoms with van der Waals surface area (Å²) < 4.78 is 4.39. The van der Waals surface area contributed by atoms with Gasteiger partial charge in [-0.2, -0.15) is 0 Å². The van der Waals surface area contributed by atoms with Crippen molar-refractivity contribution in [3.8, 4) is 0 Å². The maximum Gasteiger partial charge on any atom is 0.326 e. The van der Waals surface area contributed by atoms with Gasteiger partial charge in [-0.15, -0.1) is 0 Å². The molecule has 20 heavy (non-hydrogen) atoms. The number of carboxylic acids is 1. The lowest BCUT2D eigenvalue weighted by Gasteiger charge is -2.21. The number of carbonyl (C=O) groups is 3. The van der Waals surface area contributed by atoms with E-state index in [-0.39, 0.29) is 0 Å². The number of nitrogens with one attached hydrogen (secondary N) is 1. The molecular formula is C13H16N2O5. The van der Waals surface area contributed by atoms with Gasteiger partial charge in [0.1, 0.15) is 6.04 Å². The number of carboxylic acid groups (broad SMARTS) is 1. The number of urea groups is 1. The van der Waals surface area contributed by atoms with Crippen molar-refractivity contribution in [2.45, 2.75) is 12.5 Å². The van der Waals surface area contributed by atoms with Crippen LogP contribution in [0, 0.1) is 0 Å². The van der Waals surface area contributed by atoms with Crippen molar-refractivity contribution >= 4 is 23.7 Å². The Morgan fingerprint density at radius 1 is 1.30 bits per heavy atom. The first-order valence-corrected chi connectivity index (χ1v) is 5.84. The van der Waals surface area contributed by atoms with Crippen molar-refractivity contribution in [2.75, 3.05) is 19.1 Å². The molecule has 0 aliphatic rings. The Bertz CT molecular complexity index is 489. The third kappa shape index (κ3) is 4.27. The van der Waals surface area contributed by atoms with Gasteiger partial charge >= 0.3 is 18.0 Å². The minimum atomic E-state index is -1.33. The number of esters is 1. The van der Waals surface area contributed by atoms with E-state index < -0.39 is 30.4 Å². The van der Waals surface area contributed by atoms with Gasteiger partial charge in [-0.3, -0.25) is 9.69 Å². The van der Waals surface area contributed by atoms with Gasteiger partial charge in [0.25, 0.3) is 0 Å². The molecule has 1 aromatic rings. The molecule has 0 spiro atoms. The van der Waals surface area contributed by atoms with Crippen LogP contribution >= 0.6 is 0 Å². The number of rotatable bonds is 5. The van der Waals surface area contributed by atoms with Crippen LogP contribution in [0.4, 0.5) is 10.5 Å². The van der Waals surface area contributed by atoms with Gasteiger partial charge in [-0.05, 0) is 12.1 Å². The minimum Gasteiger partial charge on any atom is -0.480 e. The normalized spacial score (nSPS) is 11.3. The molecule has 0 fully saturated rings. The van der Waals surface area contributed by atoms with E-state index in [9.17, 15) is 14.4 Å². The summed E-state index contributed by atoms with van der Waals surface area (Å²) in [6.45, 7) is 0. The van der Waals surface area contributed by atoms with Crippen LogP contribution in [0.2, 0.25) is 0 Å². The second-order valence-electron chi connectivity index (χ2n) is 4.02. The first-order chi connectivity index (χ1) is 9.45. The lowest BCUT2D eigenvalue weighted by atomic mass is 10.2.